The summed E-state index contributed by atoms with van der Waals surface area (Å²) in [7, 11) is -3.92. The Kier molecular flexibility index (Phi) is 6.18. The van der Waals surface area contributed by atoms with E-state index in [4.69, 9.17) is 0 Å². The van der Waals surface area contributed by atoms with Gasteiger partial charge in [0.25, 0.3) is 0 Å². The molecule has 1 aromatic heterocycles. The van der Waals surface area contributed by atoms with Gasteiger partial charge in [-0.25, -0.2) is 12.8 Å². The molecule has 0 bridgehead atoms. The zero-order valence-electron chi connectivity index (χ0n) is 17.5. The van der Waals surface area contributed by atoms with Gasteiger partial charge in [0.15, 0.2) is 9.84 Å². The second-order valence-corrected chi connectivity index (χ2v) is 9.58. The van der Waals surface area contributed by atoms with E-state index in [1.54, 1.807) is 24.3 Å². The van der Waals surface area contributed by atoms with E-state index in [2.05, 4.69) is 5.32 Å². The average Bonchev–Trinajstić information content (AvgIpc) is 3.12. The Labute approximate surface area is 192 Å². The molecular formula is C24H18F4N2O3S. The molecule has 34 heavy (non-hydrogen) atoms. The van der Waals surface area contributed by atoms with Crippen LogP contribution in [0.1, 0.15) is 11.1 Å². The molecule has 4 aromatic rings. The number of anilines is 1. The van der Waals surface area contributed by atoms with Gasteiger partial charge >= 0.3 is 6.18 Å². The summed E-state index contributed by atoms with van der Waals surface area (Å²) < 4.78 is 80.8. The summed E-state index contributed by atoms with van der Waals surface area (Å²) in [6.07, 6.45) is -3.38. The third kappa shape index (κ3) is 4.96. The molecule has 0 unspecified atom stereocenters. The molecule has 0 spiro atoms. The van der Waals surface area contributed by atoms with E-state index in [1.807, 2.05) is 0 Å². The largest absolute Gasteiger partial charge is 0.418 e. The predicted molar refractivity (Wildman–Crippen MR) is 119 cm³/mol. The number of alkyl halides is 3. The van der Waals surface area contributed by atoms with Crippen LogP contribution in [0.25, 0.3) is 10.9 Å². The molecule has 0 aliphatic heterocycles. The molecule has 0 aliphatic carbocycles. The lowest BCUT2D eigenvalue weighted by atomic mass is 10.1. The smallest absolute Gasteiger partial charge is 0.337 e. The number of aromatic nitrogens is 1. The summed E-state index contributed by atoms with van der Waals surface area (Å²) in [5.41, 5.74) is -0.701. The second-order valence-electron chi connectivity index (χ2n) is 7.62. The van der Waals surface area contributed by atoms with Gasteiger partial charge in [0.1, 0.15) is 12.4 Å². The van der Waals surface area contributed by atoms with Crippen molar-refractivity contribution in [3.8, 4) is 0 Å². The number of halogens is 4. The summed E-state index contributed by atoms with van der Waals surface area (Å²) in [6.45, 7) is -0.414. The minimum absolute atomic E-state index is 0.0594. The molecule has 0 saturated carbocycles. The summed E-state index contributed by atoms with van der Waals surface area (Å²) in [6, 6.07) is 16.3. The average molecular weight is 490 g/mol. The third-order valence-corrected chi connectivity index (χ3v) is 6.86. The van der Waals surface area contributed by atoms with Crippen LogP contribution in [0.3, 0.4) is 0 Å². The molecule has 5 nitrogen and oxygen atoms in total. The van der Waals surface area contributed by atoms with E-state index in [1.165, 1.54) is 41.1 Å². The first-order valence-electron chi connectivity index (χ1n) is 10.1. The van der Waals surface area contributed by atoms with Crippen LogP contribution in [-0.4, -0.2) is 18.9 Å². The van der Waals surface area contributed by atoms with Gasteiger partial charge in [-0.15, -0.1) is 0 Å². The van der Waals surface area contributed by atoms with Crippen LogP contribution in [0.4, 0.5) is 23.2 Å². The highest BCUT2D eigenvalue weighted by atomic mass is 32.2. The van der Waals surface area contributed by atoms with Crippen molar-refractivity contribution in [2.45, 2.75) is 23.4 Å². The van der Waals surface area contributed by atoms with Crippen LogP contribution in [0, 0.1) is 5.82 Å². The van der Waals surface area contributed by atoms with E-state index >= 15 is 0 Å². The minimum Gasteiger partial charge on any atom is -0.337 e. The van der Waals surface area contributed by atoms with Gasteiger partial charge in [0.2, 0.25) is 5.91 Å². The van der Waals surface area contributed by atoms with Crippen molar-refractivity contribution in [1.29, 1.82) is 0 Å². The first-order valence-corrected chi connectivity index (χ1v) is 11.7. The van der Waals surface area contributed by atoms with Crippen molar-refractivity contribution < 1.29 is 30.8 Å². The van der Waals surface area contributed by atoms with E-state index in [-0.39, 0.29) is 10.5 Å². The lowest BCUT2D eigenvalue weighted by molar-refractivity contribution is -0.137. The maximum absolute atomic E-state index is 13.5. The number of para-hydroxylation sites is 2. The van der Waals surface area contributed by atoms with Crippen molar-refractivity contribution in [2.24, 2.45) is 0 Å². The molecule has 0 fully saturated rings. The van der Waals surface area contributed by atoms with Crippen LogP contribution in [0.15, 0.2) is 83.9 Å². The Morgan fingerprint density at radius 3 is 2.38 bits per heavy atom. The molecule has 0 saturated heterocycles. The number of benzene rings is 3. The number of nitrogens with one attached hydrogen (secondary N) is 1. The number of carbonyl (C=O) groups is 1. The van der Waals surface area contributed by atoms with Crippen molar-refractivity contribution in [3.05, 3.63) is 95.9 Å². The molecule has 1 heterocycles. The predicted octanol–water partition coefficient (Wildman–Crippen LogP) is 5.41. The standard InChI is InChI=1S/C24H18F4N2O3S/c25-17-7-5-6-16(12-17)15-34(32,33)22-13-30(21-11-4-1-8-18(21)22)14-23(31)29-20-10-3-2-9-19(20)24(26,27)28/h1-13H,14-15H2,(H,29,31). The van der Waals surface area contributed by atoms with Crippen molar-refractivity contribution >= 4 is 32.3 Å². The second kappa shape index (κ2) is 8.94. The Morgan fingerprint density at radius 1 is 0.941 bits per heavy atom. The lowest BCUT2D eigenvalue weighted by Crippen LogP contribution is -2.20. The molecule has 176 valence electrons. The molecular weight excluding hydrogens is 472 g/mol. The van der Waals surface area contributed by atoms with E-state index in [0.29, 0.717) is 10.9 Å². The van der Waals surface area contributed by atoms with Gasteiger partial charge in [0.05, 0.1) is 21.9 Å². The Balaban J connectivity index is 1.65. The highest BCUT2D eigenvalue weighted by molar-refractivity contribution is 7.90. The number of hydrogen-bond acceptors (Lipinski definition) is 3. The fourth-order valence-corrected chi connectivity index (χ4v) is 5.27. The van der Waals surface area contributed by atoms with Crippen molar-refractivity contribution in [3.63, 3.8) is 0 Å². The Bertz CT molecular complexity index is 1480. The summed E-state index contributed by atoms with van der Waals surface area (Å²) in [5, 5.41) is 2.60. The molecule has 10 heteroatoms. The van der Waals surface area contributed by atoms with Crippen LogP contribution >= 0.6 is 0 Å². The molecule has 0 aliphatic rings. The maximum atomic E-state index is 13.5. The molecule has 0 atom stereocenters. The van der Waals surface area contributed by atoms with Crippen LogP contribution in [0.2, 0.25) is 0 Å². The van der Waals surface area contributed by atoms with Gasteiger partial charge < -0.3 is 9.88 Å². The van der Waals surface area contributed by atoms with Crippen molar-refractivity contribution in [2.75, 3.05) is 5.32 Å². The van der Waals surface area contributed by atoms with Crippen molar-refractivity contribution in [1.82, 2.24) is 4.57 Å². The lowest BCUT2D eigenvalue weighted by Gasteiger charge is -2.14. The van der Waals surface area contributed by atoms with Gasteiger partial charge in [-0.3, -0.25) is 4.79 Å². The highest BCUT2D eigenvalue weighted by Crippen LogP contribution is 2.34. The normalized spacial score (nSPS) is 12.1. The number of sulfone groups is 1. The number of carbonyl (C=O) groups excluding carboxylic acids is 1. The van der Waals surface area contributed by atoms with E-state index < -0.39 is 51.3 Å². The number of nitrogens with zero attached hydrogens (tertiary/aromatic N) is 1. The molecule has 3 aromatic carbocycles. The minimum atomic E-state index is -4.65. The first kappa shape index (κ1) is 23.5. The highest BCUT2D eigenvalue weighted by Gasteiger charge is 2.33. The monoisotopic (exact) mass is 490 g/mol. The summed E-state index contributed by atoms with van der Waals surface area (Å²) in [5.74, 6) is -1.78. The first-order chi connectivity index (χ1) is 16.0. The summed E-state index contributed by atoms with van der Waals surface area (Å²) in [4.78, 5) is 12.5. The van der Waals surface area contributed by atoms with Gasteiger partial charge in [0, 0.05) is 17.1 Å². The SMILES string of the molecule is O=C(Cn1cc(S(=O)(=O)Cc2cccc(F)c2)c2ccccc21)Nc1ccccc1C(F)(F)F. The number of rotatable bonds is 6. The quantitative estimate of drug-likeness (QED) is 0.368. The van der Waals surface area contributed by atoms with Gasteiger partial charge in [-0.1, -0.05) is 42.5 Å². The zero-order chi connectivity index (χ0) is 24.5. The Morgan fingerprint density at radius 2 is 1.65 bits per heavy atom. The summed E-state index contributed by atoms with van der Waals surface area (Å²) >= 11 is 0. The zero-order valence-corrected chi connectivity index (χ0v) is 18.3. The van der Waals surface area contributed by atoms with Gasteiger partial charge in [-0.2, -0.15) is 13.2 Å². The topological polar surface area (TPSA) is 68.2 Å². The number of amides is 1. The fraction of sp³-hybridized carbons (Fsp3) is 0.125. The fourth-order valence-electron chi connectivity index (χ4n) is 3.70. The molecule has 1 N–H and O–H groups in total. The third-order valence-electron chi connectivity index (χ3n) is 5.15. The Hall–Kier alpha value is -3.66. The van der Waals surface area contributed by atoms with E-state index in [9.17, 15) is 30.8 Å². The van der Waals surface area contributed by atoms with Crippen LogP contribution in [0.5, 0.6) is 0 Å². The molecule has 1 amide bonds. The number of hydrogen-bond donors (Lipinski definition) is 1. The van der Waals surface area contributed by atoms with Gasteiger partial charge in [-0.05, 0) is 35.9 Å². The maximum Gasteiger partial charge on any atom is 0.418 e. The number of fused-ring (bicyclic) bond motifs is 1. The molecule has 4 rings (SSSR count). The molecule has 0 radical (unpaired) electrons. The van der Waals surface area contributed by atoms with E-state index in [0.717, 1.165) is 18.2 Å². The van der Waals surface area contributed by atoms with Crippen LogP contribution < -0.4 is 5.32 Å². The van der Waals surface area contributed by atoms with Crippen LogP contribution in [-0.2, 0) is 33.1 Å².